The monoisotopic (exact) mass is 345 g/mol. The highest BCUT2D eigenvalue weighted by Crippen LogP contribution is 2.35. The van der Waals surface area contributed by atoms with Crippen LogP contribution in [0.25, 0.3) is 22.4 Å². The fourth-order valence-corrected chi connectivity index (χ4v) is 3.06. The summed E-state index contributed by atoms with van der Waals surface area (Å²) in [4.78, 5) is 9.12. The number of benzene rings is 1. The third kappa shape index (κ3) is 2.31. The predicted octanol–water partition coefficient (Wildman–Crippen LogP) is 4.67. The Bertz CT molecular complexity index is 824. The molecule has 3 rings (SSSR count). The van der Waals surface area contributed by atoms with Crippen LogP contribution >= 0.6 is 15.9 Å². The van der Waals surface area contributed by atoms with Gasteiger partial charge in [-0.3, -0.25) is 0 Å². The summed E-state index contributed by atoms with van der Waals surface area (Å²) >= 11 is 3.47. The summed E-state index contributed by atoms with van der Waals surface area (Å²) in [6.45, 7) is 6.08. The van der Waals surface area contributed by atoms with E-state index in [1.165, 1.54) is 0 Å². The number of halogens is 1. The Labute approximate surface area is 131 Å². The molecular formula is C16H16BrN3O. The van der Waals surface area contributed by atoms with Crippen molar-refractivity contribution < 1.29 is 4.42 Å². The van der Waals surface area contributed by atoms with Crippen LogP contribution in [0.1, 0.15) is 31.2 Å². The molecule has 21 heavy (non-hydrogen) atoms. The molecule has 0 aliphatic heterocycles. The lowest BCUT2D eigenvalue weighted by molar-refractivity contribution is 0.579. The predicted molar refractivity (Wildman–Crippen MR) is 88.2 cm³/mol. The molecule has 0 spiro atoms. The zero-order chi connectivity index (χ0) is 15.1. The Hall–Kier alpha value is -1.88. The lowest BCUT2D eigenvalue weighted by atomic mass is 10.1. The number of fused-ring (bicyclic) bond motifs is 1. The van der Waals surface area contributed by atoms with E-state index in [1.54, 1.807) is 0 Å². The van der Waals surface area contributed by atoms with Crippen LogP contribution in [0.2, 0.25) is 0 Å². The zero-order valence-corrected chi connectivity index (χ0v) is 13.7. The first-order chi connectivity index (χ1) is 9.99. The Morgan fingerprint density at radius 2 is 1.90 bits per heavy atom. The Morgan fingerprint density at radius 3 is 2.62 bits per heavy atom. The van der Waals surface area contributed by atoms with Crippen LogP contribution < -0.4 is 5.73 Å². The number of aromatic nitrogens is 2. The molecule has 5 heteroatoms. The van der Waals surface area contributed by atoms with E-state index in [9.17, 15) is 0 Å². The SMILES string of the molecule is Cc1oc2ccccc2c1-c1nc(N)c(Br)c(C(C)C)n1. The molecule has 0 unspecified atom stereocenters. The number of anilines is 1. The first kappa shape index (κ1) is 14.1. The summed E-state index contributed by atoms with van der Waals surface area (Å²) in [6.07, 6.45) is 0. The third-order valence-electron chi connectivity index (χ3n) is 3.44. The van der Waals surface area contributed by atoms with Gasteiger partial charge in [0, 0.05) is 5.39 Å². The van der Waals surface area contributed by atoms with Crippen LogP contribution in [0.4, 0.5) is 5.82 Å². The average molecular weight is 346 g/mol. The number of hydrogen-bond acceptors (Lipinski definition) is 4. The molecule has 0 saturated carbocycles. The summed E-state index contributed by atoms with van der Waals surface area (Å²) in [6, 6.07) is 7.88. The van der Waals surface area contributed by atoms with Crippen molar-refractivity contribution in [3.63, 3.8) is 0 Å². The molecule has 0 radical (unpaired) electrons. The molecule has 0 aliphatic rings. The number of nitrogen functional groups attached to an aromatic ring is 1. The molecule has 0 bridgehead atoms. The summed E-state index contributed by atoms with van der Waals surface area (Å²) in [5, 5.41) is 1.01. The Kier molecular flexibility index (Phi) is 3.45. The minimum absolute atomic E-state index is 0.252. The van der Waals surface area contributed by atoms with Crippen LogP contribution in [-0.4, -0.2) is 9.97 Å². The van der Waals surface area contributed by atoms with Gasteiger partial charge in [0.2, 0.25) is 0 Å². The minimum Gasteiger partial charge on any atom is -0.461 e. The second kappa shape index (κ2) is 5.15. The van der Waals surface area contributed by atoms with Crippen molar-refractivity contribution >= 4 is 32.7 Å². The van der Waals surface area contributed by atoms with Crippen molar-refractivity contribution in [1.29, 1.82) is 0 Å². The van der Waals surface area contributed by atoms with Crippen LogP contribution in [0.15, 0.2) is 33.2 Å². The number of rotatable bonds is 2. The number of nitrogens with zero attached hydrogens (tertiary/aromatic N) is 2. The normalized spacial score (nSPS) is 11.5. The molecule has 2 heterocycles. The van der Waals surface area contributed by atoms with Gasteiger partial charge in [0.15, 0.2) is 5.82 Å². The molecule has 0 aliphatic carbocycles. The van der Waals surface area contributed by atoms with E-state index in [4.69, 9.17) is 10.2 Å². The van der Waals surface area contributed by atoms with E-state index < -0.39 is 0 Å². The van der Waals surface area contributed by atoms with E-state index in [0.717, 1.165) is 32.5 Å². The molecule has 1 aromatic carbocycles. The summed E-state index contributed by atoms with van der Waals surface area (Å²) in [5.74, 6) is 2.12. The molecule has 0 atom stereocenters. The molecule has 2 N–H and O–H groups in total. The summed E-state index contributed by atoms with van der Waals surface area (Å²) < 4.78 is 6.56. The number of aryl methyl sites for hydroxylation is 1. The van der Waals surface area contributed by atoms with E-state index in [1.807, 2.05) is 31.2 Å². The van der Waals surface area contributed by atoms with Crippen LogP contribution in [-0.2, 0) is 0 Å². The highest BCUT2D eigenvalue weighted by molar-refractivity contribution is 9.10. The third-order valence-corrected chi connectivity index (χ3v) is 4.26. The molecule has 108 valence electrons. The van der Waals surface area contributed by atoms with E-state index in [0.29, 0.717) is 11.6 Å². The largest absolute Gasteiger partial charge is 0.461 e. The van der Waals surface area contributed by atoms with Gasteiger partial charge in [-0.2, -0.15) is 0 Å². The van der Waals surface area contributed by atoms with Crippen molar-refractivity contribution in [3.8, 4) is 11.4 Å². The van der Waals surface area contributed by atoms with Crippen LogP contribution in [0.3, 0.4) is 0 Å². The topological polar surface area (TPSA) is 64.9 Å². The molecule has 0 amide bonds. The van der Waals surface area contributed by atoms with Gasteiger partial charge in [-0.05, 0) is 34.8 Å². The van der Waals surface area contributed by atoms with Gasteiger partial charge >= 0.3 is 0 Å². The molecular weight excluding hydrogens is 330 g/mol. The van der Waals surface area contributed by atoms with E-state index in [2.05, 4.69) is 39.7 Å². The van der Waals surface area contributed by atoms with Crippen LogP contribution in [0, 0.1) is 6.92 Å². The fourth-order valence-electron chi connectivity index (χ4n) is 2.42. The fraction of sp³-hybridized carbons (Fsp3) is 0.250. The number of hydrogen-bond donors (Lipinski definition) is 1. The maximum atomic E-state index is 6.03. The van der Waals surface area contributed by atoms with Crippen molar-refractivity contribution in [3.05, 3.63) is 40.2 Å². The van der Waals surface area contributed by atoms with Crippen molar-refractivity contribution in [2.24, 2.45) is 0 Å². The maximum absolute atomic E-state index is 6.03. The lowest BCUT2D eigenvalue weighted by Gasteiger charge is -2.11. The zero-order valence-electron chi connectivity index (χ0n) is 12.1. The van der Waals surface area contributed by atoms with Gasteiger partial charge in [-0.15, -0.1) is 0 Å². The molecule has 2 aromatic heterocycles. The molecule has 0 saturated heterocycles. The maximum Gasteiger partial charge on any atom is 0.166 e. The number of nitrogens with two attached hydrogens (primary N) is 1. The minimum atomic E-state index is 0.252. The first-order valence-corrected chi connectivity index (χ1v) is 7.59. The lowest BCUT2D eigenvalue weighted by Crippen LogP contribution is -2.04. The van der Waals surface area contributed by atoms with E-state index in [-0.39, 0.29) is 5.92 Å². The highest BCUT2D eigenvalue weighted by Gasteiger charge is 2.19. The standard InChI is InChI=1S/C16H16BrN3O/c1-8(2)14-13(17)15(18)20-16(19-14)12-9(3)21-11-7-5-4-6-10(11)12/h4-8H,1-3H3,(H2,18,19,20). The quantitative estimate of drug-likeness (QED) is 0.733. The summed E-state index contributed by atoms with van der Waals surface area (Å²) in [7, 11) is 0. The Balaban J connectivity index is 2.31. The van der Waals surface area contributed by atoms with Gasteiger partial charge in [-0.25, -0.2) is 9.97 Å². The van der Waals surface area contributed by atoms with Crippen molar-refractivity contribution in [1.82, 2.24) is 9.97 Å². The second-order valence-electron chi connectivity index (χ2n) is 5.32. The number of para-hydroxylation sites is 1. The van der Waals surface area contributed by atoms with Gasteiger partial charge in [0.05, 0.1) is 15.7 Å². The van der Waals surface area contributed by atoms with Crippen molar-refractivity contribution in [2.45, 2.75) is 26.7 Å². The van der Waals surface area contributed by atoms with Gasteiger partial charge < -0.3 is 10.2 Å². The second-order valence-corrected chi connectivity index (χ2v) is 6.11. The van der Waals surface area contributed by atoms with Crippen LogP contribution in [0.5, 0.6) is 0 Å². The summed E-state index contributed by atoms with van der Waals surface area (Å²) in [5.41, 5.74) is 8.68. The Morgan fingerprint density at radius 1 is 1.19 bits per heavy atom. The number of furan rings is 1. The van der Waals surface area contributed by atoms with E-state index >= 15 is 0 Å². The van der Waals surface area contributed by atoms with Gasteiger partial charge in [0.25, 0.3) is 0 Å². The molecule has 4 nitrogen and oxygen atoms in total. The molecule has 3 aromatic rings. The highest BCUT2D eigenvalue weighted by atomic mass is 79.9. The molecule has 0 fully saturated rings. The smallest absolute Gasteiger partial charge is 0.166 e. The van der Waals surface area contributed by atoms with Crippen molar-refractivity contribution in [2.75, 3.05) is 5.73 Å². The average Bonchev–Trinajstić information content (AvgIpc) is 2.77. The van der Waals surface area contributed by atoms with Gasteiger partial charge in [-0.1, -0.05) is 32.0 Å². The first-order valence-electron chi connectivity index (χ1n) is 6.80. The van der Waals surface area contributed by atoms with Gasteiger partial charge in [0.1, 0.15) is 17.2 Å².